The Morgan fingerprint density at radius 2 is 1.85 bits per heavy atom. The number of rotatable bonds is 5. The van der Waals surface area contributed by atoms with Crippen LogP contribution in [0.3, 0.4) is 0 Å². The first-order valence-corrected chi connectivity index (χ1v) is 9.90. The van der Waals surface area contributed by atoms with E-state index in [0.29, 0.717) is 29.7 Å². The van der Waals surface area contributed by atoms with Crippen LogP contribution < -0.4 is 15.0 Å². The highest BCUT2D eigenvalue weighted by molar-refractivity contribution is 9.10. The number of carbonyl (C=O) groups excluding carboxylic acids is 1. The molecular formula is C20H22BrClN2O3. The van der Waals surface area contributed by atoms with Crippen LogP contribution in [0, 0.1) is 0 Å². The minimum absolute atomic E-state index is 0.248. The number of ether oxygens (including phenoxy) is 2. The number of amides is 1. The Morgan fingerprint density at radius 1 is 1.19 bits per heavy atom. The van der Waals surface area contributed by atoms with Crippen LogP contribution in [0.5, 0.6) is 5.75 Å². The molecule has 0 saturated carbocycles. The smallest absolute Gasteiger partial charge is 0.268 e. The van der Waals surface area contributed by atoms with Crippen LogP contribution in [0.15, 0.2) is 46.9 Å². The molecular weight excluding hydrogens is 432 g/mol. The van der Waals surface area contributed by atoms with Crippen LogP contribution in [-0.2, 0) is 9.53 Å². The molecule has 0 aromatic heterocycles. The summed E-state index contributed by atoms with van der Waals surface area (Å²) < 4.78 is 12.3. The first-order chi connectivity index (χ1) is 12.8. The molecule has 1 aliphatic heterocycles. The summed E-state index contributed by atoms with van der Waals surface area (Å²) >= 11 is 9.56. The van der Waals surface area contributed by atoms with E-state index in [1.807, 2.05) is 36.4 Å². The standard InChI is InChI=1S/C20H22BrClN2O3/c1-20(2,27-16-6-3-14(21)4-7-16)19(25)23-17-13-15(22)5-8-18(17)24-9-11-26-12-10-24/h3-8,13H,9-12H2,1-2H3,(H,23,25). The minimum atomic E-state index is -1.06. The average Bonchev–Trinajstić information content (AvgIpc) is 2.64. The zero-order chi connectivity index (χ0) is 19.4. The SMILES string of the molecule is CC(C)(Oc1ccc(Br)cc1)C(=O)Nc1cc(Cl)ccc1N1CCOCC1. The van der Waals surface area contributed by atoms with Gasteiger partial charge in [-0.1, -0.05) is 27.5 Å². The molecule has 5 nitrogen and oxygen atoms in total. The lowest BCUT2D eigenvalue weighted by atomic mass is 10.1. The van der Waals surface area contributed by atoms with E-state index >= 15 is 0 Å². The van der Waals surface area contributed by atoms with E-state index < -0.39 is 5.60 Å². The van der Waals surface area contributed by atoms with Crippen molar-refractivity contribution in [2.24, 2.45) is 0 Å². The Balaban J connectivity index is 1.77. The fourth-order valence-electron chi connectivity index (χ4n) is 2.80. The molecule has 2 aromatic rings. The molecule has 144 valence electrons. The zero-order valence-electron chi connectivity index (χ0n) is 15.3. The van der Waals surface area contributed by atoms with E-state index in [-0.39, 0.29) is 5.91 Å². The maximum Gasteiger partial charge on any atom is 0.268 e. The molecule has 0 spiro atoms. The molecule has 2 aromatic carbocycles. The summed E-state index contributed by atoms with van der Waals surface area (Å²) in [5.74, 6) is 0.375. The van der Waals surface area contributed by atoms with E-state index in [9.17, 15) is 4.79 Å². The predicted molar refractivity (Wildman–Crippen MR) is 112 cm³/mol. The van der Waals surface area contributed by atoms with Crippen molar-refractivity contribution in [3.05, 3.63) is 52.0 Å². The second-order valence-electron chi connectivity index (χ2n) is 6.78. The average molecular weight is 454 g/mol. The monoisotopic (exact) mass is 452 g/mol. The Morgan fingerprint density at radius 3 is 2.52 bits per heavy atom. The Labute approximate surface area is 172 Å². The van der Waals surface area contributed by atoms with Crippen molar-refractivity contribution in [1.82, 2.24) is 0 Å². The topological polar surface area (TPSA) is 50.8 Å². The van der Waals surface area contributed by atoms with Gasteiger partial charge in [0.1, 0.15) is 5.75 Å². The molecule has 1 aliphatic rings. The second-order valence-corrected chi connectivity index (χ2v) is 8.13. The molecule has 0 aliphatic carbocycles. The van der Waals surface area contributed by atoms with Crippen LogP contribution in [0.2, 0.25) is 5.02 Å². The molecule has 0 atom stereocenters. The van der Waals surface area contributed by atoms with Gasteiger partial charge in [-0.25, -0.2) is 0 Å². The highest BCUT2D eigenvalue weighted by Gasteiger charge is 2.31. The molecule has 1 heterocycles. The Hall–Kier alpha value is -1.76. The number of halogens is 2. The largest absolute Gasteiger partial charge is 0.478 e. The van der Waals surface area contributed by atoms with Gasteiger partial charge in [-0.2, -0.15) is 0 Å². The van der Waals surface area contributed by atoms with Gasteiger partial charge in [0.05, 0.1) is 24.6 Å². The number of nitrogens with one attached hydrogen (secondary N) is 1. The van der Waals surface area contributed by atoms with Gasteiger partial charge >= 0.3 is 0 Å². The number of morpholine rings is 1. The van der Waals surface area contributed by atoms with Crippen molar-refractivity contribution < 1.29 is 14.3 Å². The highest BCUT2D eigenvalue weighted by atomic mass is 79.9. The van der Waals surface area contributed by atoms with Gasteiger partial charge in [0.25, 0.3) is 5.91 Å². The number of benzene rings is 2. The molecule has 1 amide bonds. The van der Waals surface area contributed by atoms with Crippen LogP contribution in [0.25, 0.3) is 0 Å². The fourth-order valence-corrected chi connectivity index (χ4v) is 3.24. The van der Waals surface area contributed by atoms with E-state index in [0.717, 1.165) is 23.2 Å². The maximum absolute atomic E-state index is 12.9. The summed E-state index contributed by atoms with van der Waals surface area (Å²) in [4.78, 5) is 15.1. The lowest BCUT2D eigenvalue weighted by molar-refractivity contribution is -0.128. The second kappa shape index (κ2) is 8.50. The Bertz CT molecular complexity index is 805. The summed E-state index contributed by atoms with van der Waals surface area (Å²) in [7, 11) is 0. The van der Waals surface area contributed by atoms with Crippen molar-refractivity contribution >= 4 is 44.8 Å². The molecule has 27 heavy (non-hydrogen) atoms. The number of hydrogen-bond acceptors (Lipinski definition) is 4. The van der Waals surface area contributed by atoms with Gasteiger partial charge in [-0.15, -0.1) is 0 Å². The van der Waals surface area contributed by atoms with Crippen molar-refractivity contribution in [3.8, 4) is 5.75 Å². The maximum atomic E-state index is 12.9. The number of carbonyl (C=O) groups is 1. The summed E-state index contributed by atoms with van der Waals surface area (Å²) in [5.41, 5.74) is 0.538. The van der Waals surface area contributed by atoms with Crippen LogP contribution in [0.1, 0.15) is 13.8 Å². The third-order valence-electron chi connectivity index (χ3n) is 4.29. The Kier molecular flexibility index (Phi) is 6.29. The molecule has 7 heteroatoms. The highest BCUT2D eigenvalue weighted by Crippen LogP contribution is 2.31. The van der Waals surface area contributed by atoms with Gasteiger partial charge in [-0.3, -0.25) is 4.79 Å². The molecule has 3 rings (SSSR count). The van der Waals surface area contributed by atoms with Gasteiger partial charge in [0.15, 0.2) is 5.60 Å². The number of anilines is 2. The molecule has 1 N–H and O–H groups in total. The lowest BCUT2D eigenvalue weighted by Gasteiger charge is -2.31. The van der Waals surface area contributed by atoms with E-state index in [4.69, 9.17) is 21.1 Å². The van der Waals surface area contributed by atoms with Crippen molar-refractivity contribution in [1.29, 1.82) is 0 Å². The summed E-state index contributed by atoms with van der Waals surface area (Å²) in [6.07, 6.45) is 0. The number of nitrogens with zero attached hydrogens (tertiary/aromatic N) is 1. The third-order valence-corrected chi connectivity index (χ3v) is 5.06. The summed E-state index contributed by atoms with van der Waals surface area (Å²) in [5, 5.41) is 3.54. The molecule has 1 saturated heterocycles. The first-order valence-electron chi connectivity index (χ1n) is 8.73. The van der Waals surface area contributed by atoms with Crippen LogP contribution >= 0.6 is 27.5 Å². The summed E-state index contributed by atoms with van der Waals surface area (Å²) in [6, 6.07) is 12.9. The summed E-state index contributed by atoms with van der Waals surface area (Å²) in [6.45, 7) is 6.33. The molecule has 0 bridgehead atoms. The fraction of sp³-hybridized carbons (Fsp3) is 0.350. The van der Waals surface area contributed by atoms with E-state index in [2.05, 4.69) is 26.1 Å². The van der Waals surface area contributed by atoms with Crippen LogP contribution in [0.4, 0.5) is 11.4 Å². The molecule has 0 radical (unpaired) electrons. The van der Waals surface area contributed by atoms with Gasteiger partial charge in [0, 0.05) is 22.6 Å². The van der Waals surface area contributed by atoms with Gasteiger partial charge < -0.3 is 19.7 Å². The minimum Gasteiger partial charge on any atom is -0.478 e. The molecule has 1 fully saturated rings. The normalized spacial score (nSPS) is 14.7. The van der Waals surface area contributed by atoms with E-state index in [1.165, 1.54) is 0 Å². The lowest BCUT2D eigenvalue weighted by Crippen LogP contribution is -2.43. The van der Waals surface area contributed by atoms with Gasteiger partial charge in [0.2, 0.25) is 0 Å². The van der Waals surface area contributed by atoms with Crippen molar-refractivity contribution in [2.75, 3.05) is 36.5 Å². The van der Waals surface area contributed by atoms with E-state index in [1.54, 1.807) is 19.9 Å². The number of hydrogen-bond donors (Lipinski definition) is 1. The van der Waals surface area contributed by atoms with Crippen molar-refractivity contribution in [2.45, 2.75) is 19.4 Å². The molecule has 0 unspecified atom stereocenters. The van der Waals surface area contributed by atoms with Gasteiger partial charge in [-0.05, 0) is 56.3 Å². The van der Waals surface area contributed by atoms with Crippen LogP contribution in [-0.4, -0.2) is 37.8 Å². The van der Waals surface area contributed by atoms with Crippen molar-refractivity contribution in [3.63, 3.8) is 0 Å². The predicted octanol–water partition coefficient (Wildman–Crippen LogP) is 4.74. The first kappa shape index (κ1) is 20.0. The zero-order valence-corrected chi connectivity index (χ0v) is 17.6. The third kappa shape index (κ3) is 5.15. The quantitative estimate of drug-likeness (QED) is 0.711.